The standard InChI is InChI=1S/C7H9NO2S.ClH/c8-6(7(9)10)4-5-2-1-3-11-5;/h1-3,6H,4,8H2,(H,9,10);1H. The summed E-state index contributed by atoms with van der Waals surface area (Å²) in [7, 11) is 0. The highest BCUT2D eigenvalue weighted by Crippen LogP contribution is 2.10. The van der Waals surface area contributed by atoms with E-state index in [9.17, 15) is 4.79 Å². The van der Waals surface area contributed by atoms with Crippen molar-refractivity contribution in [2.24, 2.45) is 5.73 Å². The van der Waals surface area contributed by atoms with Gasteiger partial charge in [0.1, 0.15) is 6.04 Å². The molecule has 3 N–H and O–H groups in total. The number of halogens is 1. The molecule has 12 heavy (non-hydrogen) atoms. The monoisotopic (exact) mass is 207 g/mol. The highest BCUT2D eigenvalue weighted by Gasteiger charge is 2.11. The van der Waals surface area contributed by atoms with Gasteiger partial charge in [0.15, 0.2) is 0 Å². The van der Waals surface area contributed by atoms with Crippen LogP contribution in [0.25, 0.3) is 0 Å². The van der Waals surface area contributed by atoms with Gasteiger partial charge in [-0.2, -0.15) is 0 Å². The molecular weight excluding hydrogens is 198 g/mol. The molecule has 0 saturated carbocycles. The predicted molar refractivity (Wildman–Crippen MR) is 50.9 cm³/mol. The number of nitrogens with two attached hydrogens (primary N) is 1. The third-order valence-corrected chi connectivity index (χ3v) is 2.22. The van der Waals surface area contributed by atoms with Crippen LogP contribution in [0.4, 0.5) is 0 Å². The number of rotatable bonds is 3. The molecule has 68 valence electrons. The lowest BCUT2D eigenvalue weighted by molar-refractivity contribution is -0.138. The number of carboxylic acid groups (broad SMARTS) is 1. The smallest absolute Gasteiger partial charge is 0.320 e. The lowest BCUT2D eigenvalue weighted by Crippen LogP contribution is -2.31. The fourth-order valence-corrected chi connectivity index (χ4v) is 1.50. The van der Waals surface area contributed by atoms with E-state index in [0.717, 1.165) is 4.88 Å². The minimum absolute atomic E-state index is 0. The fourth-order valence-electron chi connectivity index (χ4n) is 0.733. The van der Waals surface area contributed by atoms with E-state index in [1.54, 1.807) is 0 Å². The number of aliphatic carboxylic acids is 1. The molecule has 1 aromatic heterocycles. The quantitative estimate of drug-likeness (QED) is 0.781. The topological polar surface area (TPSA) is 63.3 Å². The molecule has 0 spiro atoms. The Bertz CT molecular complexity index is 238. The Labute approximate surface area is 80.6 Å². The van der Waals surface area contributed by atoms with E-state index in [1.807, 2.05) is 17.5 Å². The van der Waals surface area contributed by atoms with Crippen molar-refractivity contribution >= 4 is 29.7 Å². The molecule has 1 rings (SSSR count). The molecule has 0 fully saturated rings. The minimum atomic E-state index is -0.946. The summed E-state index contributed by atoms with van der Waals surface area (Å²) in [5.41, 5.74) is 5.31. The highest BCUT2D eigenvalue weighted by atomic mass is 35.5. The van der Waals surface area contributed by atoms with Crippen LogP contribution in [-0.2, 0) is 11.2 Å². The van der Waals surface area contributed by atoms with Crippen molar-refractivity contribution in [3.05, 3.63) is 22.4 Å². The largest absolute Gasteiger partial charge is 0.480 e. The molecule has 0 bridgehead atoms. The van der Waals surface area contributed by atoms with Gasteiger partial charge in [0.25, 0.3) is 0 Å². The van der Waals surface area contributed by atoms with Gasteiger partial charge in [0, 0.05) is 11.3 Å². The molecule has 0 aliphatic heterocycles. The molecule has 0 radical (unpaired) electrons. The normalized spacial score (nSPS) is 11.8. The molecule has 0 aliphatic carbocycles. The maximum Gasteiger partial charge on any atom is 0.320 e. The second kappa shape index (κ2) is 5.13. The molecule has 3 nitrogen and oxygen atoms in total. The minimum Gasteiger partial charge on any atom is -0.480 e. The Hall–Kier alpha value is -0.580. The van der Waals surface area contributed by atoms with Gasteiger partial charge in [-0.05, 0) is 11.4 Å². The molecule has 5 heteroatoms. The van der Waals surface area contributed by atoms with E-state index < -0.39 is 12.0 Å². The van der Waals surface area contributed by atoms with E-state index in [2.05, 4.69) is 0 Å². The van der Waals surface area contributed by atoms with Crippen LogP contribution in [0, 0.1) is 0 Å². The summed E-state index contributed by atoms with van der Waals surface area (Å²) in [4.78, 5) is 11.3. The van der Waals surface area contributed by atoms with Gasteiger partial charge < -0.3 is 10.8 Å². The van der Waals surface area contributed by atoms with Crippen molar-refractivity contribution in [1.29, 1.82) is 0 Å². The van der Waals surface area contributed by atoms with Gasteiger partial charge in [-0.1, -0.05) is 6.07 Å². The first kappa shape index (κ1) is 11.4. The summed E-state index contributed by atoms with van der Waals surface area (Å²) < 4.78 is 0. The van der Waals surface area contributed by atoms with Crippen LogP contribution in [0.5, 0.6) is 0 Å². The fraction of sp³-hybridized carbons (Fsp3) is 0.286. The first-order valence-corrected chi connectivity index (χ1v) is 4.09. The van der Waals surface area contributed by atoms with Crippen LogP contribution in [0.15, 0.2) is 17.5 Å². The average molecular weight is 208 g/mol. The number of carbonyl (C=O) groups is 1. The Kier molecular flexibility index (Phi) is 4.89. The van der Waals surface area contributed by atoms with Gasteiger partial charge in [-0.3, -0.25) is 4.79 Å². The van der Waals surface area contributed by atoms with Gasteiger partial charge >= 0.3 is 5.97 Å². The van der Waals surface area contributed by atoms with Gasteiger partial charge in [0.05, 0.1) is 0 Å². The zero-order chi connectivity index (χ0) is 8.27. The lowest BCUT2D eigenvalue weighted by atomic mass is 10.2. The van der Waals surface area contributed by atoms with Crippen LogP contribution in [-0.4, -0.2) is 17.1 Å². The third-order valence-electron chi connectivity index (χ3n) is 1.32. The maximum atomic E-state index is 10.3. The number of hydrogen-bond acceptors (Lipinski definition) is 3. The second-order valence-corrected chi connectivity index (χ2v) is 3.26. The summed E-state index contributed by atoms with van der Waals surface area (Å²) in [6.07, 6.45) is 0.424. The van der Waals surface area contributed by atoms with Crippen LogP contribution in [0.2, 0.25) is 0 Å². The third kappa shape index (κ3) is 3.21. The summed E-state index contributed by atoms with van der Waals surface area (Å²) >= 11 is 1.53. The van der Waals surface area contributed by atoms with Gasteiger partial charge in [-0.15, -0.1) is 23.7 Å². The van der Waals surface area contributed by atoms with E-state index >= 15 is 0 Å². The Balaban J connectivity index is 0.00000121. The van der Waals surface area contributed by atoms with Crippen molar-refractivity contribution in [3.8, 4) is 0 Å². The van der Waals surface area contributed by atoms with Crippen molar-refractivity contribution in [3.63, 3.8) is 0 Å². The molecule has 1 heterocycles. The van der Waals surface area contributed by atoms with Gasteiger partial charge in [0.2, 0.25) is 0 Å². The molecule has 0 amide bonds. The number of hydrogen-bond donors (Lipinski definition) is 2. The summed E-state index contributed by atoms with van der Waals surface area (Å²) in [6, 6.07) is 3.00. The molecule has 1 aromatic rings. The van der Waals surface area contributed by atoms with Gasteiger partial charge in [-0.25, -0.2) is 0 Å². The summed E-state index contributed by atoms with van der Waals surface area (Å²) in [5, 5.41) is 10.4. The zero-order valence-corrected chi connectivity index (χ0v) is 7.90. The lowest BCUT2D eigenvalue weighted by Gasteiger charge is -2.02. The summed E-state index contributed by atoms with van der Waals surface area (Å²) in [5.74, 6) is -0.946. The number of thiophene rings is 1. The first-order valence-electron chi connectivity index (χ1n) is 3.21. The van der Waals surface area contributed by atoms with E-state index in [0.29, 0.717) is 6.42 Å². The molecular formula is C7H10ClNO2S. The maximum absolute atomic E-state index is 10.3. The highest BCUT2D eigenvalue weighted by molar-refractivity contribution is 7.09. The van der Waals surface area contributed by atoms with Crippen molar-refractivity contribution < 1.29 is 9.90 Å². The Morgan fingerprint density at radius 2 is 2.42 bits per heavy atom. The first-order chi connectivity index (χ1) is 5.20. The molecule has 0 saturated heterocycles. The van der Waals surface area contributed by atoms with E-state index in [1.165, 1.54) is 11.3 Å². The molecule has 0 aromatic carbocycles. The van der Waals surface area contributed by atoms with Crippen molar-refractivity contribution in [2.75, 3.05) is 0 Å². The molecule has 0 aliphatic rings. The van der Waals surface area contributed by atoms with E-state index in [-0.39, 0.29) is 12.4 Å². The predicted octanol–water partition coefficient (Wildman–Crippen LogP) is 1.12. The average Bonchev–Trinajstić information content (AvgIpc) is 2.39. The molecule has 1 unspecified atom stereocenters. The zero-order valence-electron chi connectivity index (χ0n) is 6.27. The Morgan fingerprint density at radius 3 is 2.83 bits per heavy atom. The Morgan fingerprint density at radius 1 is 1.75 bits per heavy atom. The van der Waals surface area contributed by atoms with Crippen LogP contribution < -0.4 is 5.73 Å². The SMILES string of the molecule is Cl.NC(Cc1cccs1)C(=O)O. The van der Waals surface area contributed by atoms with E-state index in [4.69, 9.17) is 10.8 Å². The van der Waals surface area contributed by atoms with Crippen LogP contribution in [0.3, 0.4) is 0 Å². The number of carboxylic acids is 1. The van der Waals surface area contributed by atoms with Crippen LogP contribution >= 0.6 is 23.7 Å². The van der Waals surface area contributed by atoms with Crippen LogP contribution in [0.1, 0.15) is 4.88 Å². The second-order valence-electron chi connectivity index (χ2n) is 2.23. The molecule has 1 atom stereocenters. The van der Waals surface area contributed by atoms with Crippen molar-refractivity contribution in [2.45, 2.75) is 12.5 Å². The summed E-state index contributed by atoms with van der Waals surface area (Å²) in [6.45, 7) is 0. The van der Waals surface area contributed by atoms with Crippen molar-refractivity contribution in [1.82, 2.24) is 0 Å².